The summed E-state index contributed by atoms with van der Waals surface area (Å²) in [5.74, 6) is 0.249. The van der Waals surface area contributed by atoms with Crippen molar-refractivity contribution in [1.29, 1.82) is 5.26 Å². The molecule has 32 heavy (non-hydrogen) atoms. The highest BCUT2D eigenvalue weighted by Crippen LogP contribution is 2.21. The summed E-state index contributed by atoms with van der Waals surface area (Å²) in [6.45, 7) is 3.95. The van der Waals surface area contributed by atoms with Crippen LogP contribution in [0.25, 0.3) is 28.7 Å². The van der Waals surface area contributed by atoms with Gasteiger partial charge in [0.05, 0.1) is 22.8 Å². The summed E-state index contributed by atoms with van der Waals surface area (Å²) >= 11 is 0. The molecule has 0 aliphatic carbocycles. The number of nitriles is 1. The smallest absolute Gasteiger partial charge is 0.269 e. The van der Waals surface area contributed by atoms with E-state index in [0.29, 0.717) is 29.4 Å². The Labute approximate surface area is 184 Å². The van der Waals surface area contributed by atoms with Gasteiger partial charge >= 0.3 is 0 Å². The van der Waals surface area contributed by atoms with E-state index in [2.05, 4.69) is 17.6 Å². The molecular weight excluding hydrogens is 405 g/mol. The van der Waals surface area contributed by atoms with Crippen LogP contribution in [0.5, 0.6) is 5.75 Å². The van der Waals surface area contributed by atoms with Gasteiger partial charge in [0.15, 0.2) is 0 Å². The Kier molecular flexibility index (Phi) is 5.91. The summed E-state index contributed by atoms with van der Waals surface area (Å²) in [6.07, 6.45) is 5.09. The van der Waals surface area contributed by atoms with Crippen LogP contribution in [0.1, 0.15) is 17.0 Å². The monoisotopic (exact) mass is 423 g/mol. The van der Waals surface area contributed by atoms with Crippen LogP contribution in [0.4, 0.5) is 4.39 Å². The molecule has 0 N–H and O–H groups in total. The Morgan fingerprint density at radius 1 is 1.09 bits per heavy atom. The van der Waals surface area contributed by atoms with E-state index < -0.39 is 11.4 Å². The second-order valence-corrected chi connectivity index (χ2v) is 6.91. The molecule has 0 aliphatic heterocycles. The lowest BCUT2D eigenvalue weighted by atomic mass is 10.1. The second kappa shape index (κ2) is 9.11. The van der Waals surface area contributed by atoms with E-state index in [4.69, 9.17) is 10.00 Å². The summed E-state index contributed by atoms with van der Waals surface area (Å²) in [5.41, 5.74) is 1.62. The van der Waals surface area contributed by atoms with Crippen LogP contribution in [0, 0.1) is 17.1 Å². The molecule has 0 saturated carbocycles. The highest BCUT2D eigenvalue weighted by atomic mass is 19.1. The van der Waals surface area contributed by atoms with Crippen LogP contribution in [-0.2, 0) is 0 Å². The molecule has 0 spiro atoms. The van der Waals surface area contributed by atoms with Gasteiger partial charge in [0, 0.05) is 6.07 Å². The predicted octanol–water partition coefficient (Wildman–Crippen LogP) is 5.13. The van der Waals surface area contributed by atoms with Gasteiger partial charge in [0.2, 0.25) is 0 Å². The topological polar surface area (TPSA) is 67.9 Å². The standard InChI is InChI=1S/C26H18FN3O2/c1-2-15-32-21-6-3-5-20(16-21)30-24(14-13-18-9-11-19(17-28)12-10-18)29-23-8-4-7-22(27)25(23)26(30)31/h2-14,16H,1,15H2/b14-13+. The van der Waals surface area contributed by atoms with Gasteiger partial charge < -0.3 is 4.74 Å². The van der Waals surface area contributed by atoms with E-state index in [1.165, 1.54) is 16.7 Å². The van der Waals surface area contributed by atoms with Crippen LogP contribution < -0.4 is 10.3 Å². The number of hydrogen-bond donors (Lipinski definition) is 0. The van der Waals surface area contributed by atoms with Crippen molar-refractivity contribution in [2.45, 2.75) is 0 Å². The first-order valence-electron chi connectivity index (χ1n) is 9.84. The van der Waals surface area contributed by atoms with Gasteiger partial charge in [-0.25, -0.2) is 9.37 Å². The van der Waals surface area contributed by atoms with Gasteiger partial charge in [-0.15, -0.1) is 0 Å². The minimum absolute atomic E-state index is 0.0829. The van der Waals surface area contributed by atoms with Crippen molar-refractivity contribution in [3.05, 3.63) is 113 Å². The van der Waals surface area contributed by atoms with Crippen molar-refractivity contribution in [3.8, 4) is 17.5 Å². The fourth-order valence-corrected chi connectivity index (χ4v) is 3.28. The molecule has 4 rings (SSSR count). The Hall–Kier alpha value is -4.50. The molecule has 1 aromatic heterocycles. The molecule has 0 unspecified atom stereocenters. The summed E-state index contributed by atoms with van der Waals surface area (Å²) in [4.78, 5) is 17.9. The lowest BCUT2D eigenvalue weighted by Crippen LogP contribution is -2.23. The van der Waals surface area contributed by atoms with Crippen molar-refractivity contribution >= 4 is 23.1 Å². The zero-order valence-corrected chi connectivity index (χ0v) is 17.0. The van der Waals surface area contributed by atoms with Crippen LogP contribution in [-0.4, -0.2) is 16.2 Å². The summed E-state index contributed by atoms with van der Waals surface area (Å²) < 4.78 is 21.4. The SMILES string of the molecule is C=CCOc1cccc(-n2c(/C=C/c3ccc(C#N)cc3)nc3cccc(F)c3c2=O)c1. The lowest BCUT2D eigenvalue weighted by molar-refractivity contribution is 0.363. The van der Waals surface area contributed by atoms with E-state index >= 15 is 0 Å². The molecule has 0 radical (unpaired) electrons. The van der Waals surface area contributed by atoms with Crippen molar-refractivity contribution in [2.75, 3.05) is 6.61 Å². The van der Waals surface area contributed by atoms with Gasteiger partial charge in [-0.2, -0.15) is 5.26 Å². The summed E-state index contributed by atoms with van der Waals surface area (Å²) in [5, 5.41) is 8.88. The van der Waals surface area contributed by atoms with Crippen molar-refractivity contribution in [2.24, 2.45) is 0 Å². The minimum Gasteiger partial charge on any atom is -0.489 e. The van der Waals surface area contributed by atoms with E-state index in [1.807, 2.05) is 0 Å². The molecule has 1 heterocycles. The highest BCUT2D eigenvalue weighted by molar-refractivity contribution is 5.80. The number of hydrogen-bond acceptors (Lipinski definition) is 4. The first-order valence-corrected chi connectivity index (χ1v) is 9.84. The summed E-state index contributed by atoms with van der Waals surface area (Å²) in [6, 6.07) is 20.4. The maximum atomic E-state index is 14.5. The Balaban J connectivity index is 1.89. The zero-order chi connectivity index (χ0) is 22.5. The average Bonchev–Trinajstić information content (AvgIpc) is 2.82. The molecule has 0 aliphatic rings. The molecule has 5 nitrogen and oxygen atoms in total. The number of rotatable bonds is 6. The number of nitrogens with zero attached hydrogens (tertiary/aromatic N) is 3. The molecular formula is C26H18FN3O2. The van der Waals surface area contributed by atoms with Crippen molar-refractivity contribution in [1.82, 2.24) is 9.55 Å². The third-order valence-corrected chi connectivity index (χ3v) is 4.78. The first-order chi connectivity index (χ1) is 15.6. The minimum atomic E-state index is -0.629. The molecule has 6 heteroatoms. The van der Waals surface area contributed by atoms with Crippen LogP contribution in [0.2, 0.25) is 0 Å². The van der Waals surface area contributed by atoms with E-state index in [1.54, 1.807) is 72.8 Å². The molecule has 0 saturated heterocycles. The Morgan fingerprint density at radius 3 is 2.62 bits per heavy atom. The molecule has 0 fully saturated rings. The van der Waals surface area contributed by atoms with E-state index in [-0.39, 0.29) is 10.9 Å². The molecule has 3 aromatic carbocycles. The Bertz CT molecular complexity index is 1430. The van der Waals surface area contributed by atoms with Crippen molar-refractivity contribution < 1.29 is 9.13 Å². The van der Waals surface area contributed by atoms with Gasteiger partial charge in [-0.3, -0.25) is 9.36 Å². The Morgan fingerprint density at radius 2 is 1.88 bits per heavy atom. The fraction of sp³-hybridized carbons (Fsp3) is 0.0385. The van der Waals surface area contributed by atoms with Crippen LogP contribution >= 0.6 is 0 Å². The number of aromatic nitrogens is 2. The van der Waals surface area contributed by atoms with E-state index in [0.717, 1.165) is 5.56 Å². The maximum absolute atomic E-state index is 14.5. The number of fused-ring (bicyclic) bond motifs is 1. The number of halogens is 1. The average molecular weight is 423 g/mol. The quantitative estimate of drug-likeness (QED) is 0.403. The molecule has 0 bridgehead atoms. The van der Waals surface area contributed by atoms with Gasteiger partial charge in [0.1, 0.15) is 29.4 Å². The molecule has 0 atom stereocenters. The van der Waals surface area contributed by atoms with Gasteiger partial charge in [0.25, 0.3) is 5.56 Å². The lowest BCUT2D eigenvalue weighted by Gasteiger charge is -2.13. The molecule has 156 valence electrons. The summed E-state index contributed by atoms with van der Waals surface area (Å²) in [7, 11) is 0. The maximum Gasteiger partial charge on any atom is 0.269 e. The fourth-order valence-electron chi connectivity index (χ4n) is 3.28. The third kappa shape index (κ3) is 4.18. The molecule has 4 aromatic rings. The zero-order valence-electron chi connectivity index (χ0n) is 17.0. The normalized spacial score (nSPS) is 10.9. The second-order valence-electron chi connectivity index (χ2n) is 6.91. The largest absolute Gasteiger partial charge is 0.489 e. The van der Waals surface area contributed by atoms with Crippen LogP contribution in [0.3, 0.4) is 0 Å². The highest BCUT2D eigenvalue weighted by Gasteiger charge is 2.15. The van der Waals surface area contributed by atoms with E-state index in [9.17, 15) is 9.18 Å². The third-order valence-electron chi connectivity index (χ3n) is 4.78. The van der Waals surface area contributed by atoms with Gasteiger partial charge in [-0.05, 0) is 48.0 Å². The molecule has 0 amide bonds. The van der Waals surface area contributed by atoms with Crippen LogP contribution in [0.15, 0.2) is 84.2 Å². The van der Waals surface area contributed by atoms with Crippen molar-refractivity contribution in [3.63, 3.8) is 0 Å². The predicted molar refractivity (Wildman–Crippen MR) is 123 cm³/mol. The number of ether oxygens (including phenoxy) is 1. The number of benzene rings is 3. The van der Waals surface area contributed by atoms with Gasteiger partial charge in [-0.1, -0.05) is 43.0 Å². The first kappa shape index (κ1) is 20.8.